The third-order valence-corrected chi connectivity index (χ3v) is 8.26. The molecule has 0 radical (unpaired) electrons. The molecule has 184 valence electrons. The molecule has 1 saturated carbocycles. The van der Waals surface area contributed by atoms with E-state index in [-0.39, 0.29) is 5.54 Å². The van der Waals surface area contributed by atoms with Gasteiger partial charge in [0.25, 0.3) is 0 Å². The first kappa shape index (κ1) is 23.9. The molecule has 0 unspecified atom stereocenters. The van der Waals surface area contributed by atoms with Crippen molar-refractivity contribution in [3.8, 4) is 12.3 Å². The first-order valence-corrected chi connectivity index (χ1v) is 13.3. The van der Waals surface area contributed by atoms with Gasteiger partial charge in [-0.05, 0) is 38.2 Å². The highest BCUT2D eigenvalue weighted by molar-refractivity contribution is 7.85. The zero-order valence-electron chi connectivity index (χ0n) is 20.1. The predicted molar refractivity (Wildman–Crippen MR) is 140 cm³/mol. The molecule has 0 amide bonds. The molecule has 1 aliphatic carbocycles. The molecule has 2 N–H and O–H groups in total. The van der Waals surface area contributed by atoms with Crippen molar-refractivity contribution in [3.05, 3.63) is 47.1 Å². The highest BCUT2D eigenvalue weighted by Crippen LogP contribution is 2.39. The van der Waals surface area contributed by atoms with Crippen LogP contribution in [0.5, 0.6) is 0 Å². The van der Waals surface area contributed by atoms with Crippen molar-refractivity contribution < 1.29 is 4.21 Å². The number of aromatic nitrogens is 4. The molecule has 3 aliphatic rings. The van der Waals surface area contributed by atoms with E-state index in [1.165, 1.54) is 0 Å². The molecule has 10 nitrogen and oxygen atoms in total. The summed E-state index contributed by atoms with van der Waals surface area (Å²) in [5, 5.41) is 3.61. The number of rotatable bonds is 6. The zero-order chi connectivity index (χ0) is 25.1. The van der Waals surface area contributed by atoms with Crippen molar-refractivity contribution in [1.82, 2.24) is 25.4 Å². The fourth-order valence-electron chi connectivity index (χ4n) is 4.60. The number of fused-ring (bicyclic) bond motifs is 1. The van der Waals surface area contributed by atoms with Crippen LogP contribution in [-0.4, -0.2) is 60.9 Å². The van der Waals surface area contributed by atoms with Crippen LogP contribution in [-0.2, 0) is 17.2 Å². The van der Waals surface area contributed by atoms with E-state index < -0.39 is 10.8 Å². The van der Waals surface area contributed by atoms with Crippen LogP contribution < -0.4 is 15.6 Å². The lowest BCUT2D eigenvalue weighted by atomic mass is 9.76. The number of hydrogen-bond donors (Lipinski definition) is 2. The molecular formula is C25H27N9OS. The number of aryl methyl sites for hydroxylation is 1. The van der Waals surface area contributed by atoms with E-state index in [4.69, 9.17) is 23.0 Å². The summed E-state index contributed by atoms with van der Waals surface area (Å²) in [4.78, 5) is 29.1. The van der Waals surface area contributed by atoms with Gasteiger partial charge in [0.1, 0.15) is 10.7 Å². The van der Waals surface area contributed by atoms with E-state index in [9.17, 15) is 4.21 Å². The average Bonchev–Trinajstić information content (AvgIpc) is 3.26. The Hall–Kier alpha value is -3.83. The van der Waals surface area contributed by atoms with Gasteiger partial charge in [0.15, 0.2) is 11.7 Å². The van der Waals surface area contributed by atoms with Crippen LogP contribution in [0, 0.1) is 18.9 Å². The highest BCUT2D eigenvalue weighted by Gasteiger charge is 2.39. The minimum absolute atomic E-state index is 0.256. The van der Waals surface area contributed by atoms with Gasteiger partial charge in [-0.3, -0.25) is 9.20 Å². The quantitative estimate of drug-likeness (QED) is 0.204. The van der Waals surface area contributed by atoms with Crippen molar-refractivity contribution >= 4 is 34.0 Å². The summed E-state index contributed by atoms with van der Waals surface area (Å²) < 4.78 is 12.8. The standard InChI is InChI=1S/C25H27N9OS/c1-4-18-14-27-22(28-15-18)19-6-11-34(12-7-19)24-30-20-8-13-36(35)21(20)23(31-24)32-25(9-5-10-25)16-29-17(2)33-26-3/h1,6,14-15H,5,7-13,16H2,2H3,(H,29,33)(H,30,31,32)/t36-/m0/s1. The van der Waals surface area contributed by atoms with Gasteiger partial charge in [-0.15, -0.1) is 6.42 Å². The van der Waals surface area contributed by atoms with Gasteiger partial charge < -0.3 is 10.2 Å². The third-order valence-electron chi connectivity index (χ3n) is 6.80. The monoisotopic (exact) mass is 501 g/mol. The van der Waals surface area contributed by atoms with Crippen molar-refractivity contribution in [1.29, 1.82) is 0 Å². The third kappa shape index (κ3) is 4.79. The zero-order valence-corrected chi connectivity index (χ0v) is 20.9. The van der Waals surface area contributed by atoms with Gasteiger partial charge in [-0.1, -0.05) is 17.4 Å². The molecule has 2 aromatic heterocycles. The van der Waals surface area contributed by atoms with Gasteiger partial charge >= 0.3 is 0 Å². The van der Waals surface area contributed by atoms with E-state index in [0.717, 1.165) is 48.4 Å². The van der Waals surface area contributed by atoms with E-state index in [1.807, 2.05) is 0 Å². The van der Waals surface area contributed by atoms with Gasteiger partial charge in [-0.2, -0.15) is 16.5 Å². The lowest BCUT2D eigenvalue weighted by Gasteiger charge is -2.42. The molecule has 11 heteroatoms. The summed E-state index contributed by atoms with van der Waals surface area (Å²) in [5.41, 5.74) is 4.90. The Kier molecular flexibility index (Phi) is 6.66. The molecule has 1 fully saturated rings. The Bertz CT molecular complexity index is 1330. The summed E-state index contributed by atoms with van der Waals surface area (Å²) in [6.45, 7) is 10.6. The van der Waals surface area contributed by atoms with E-state index >= 15 is 0 Å². The van der Waals surface area contributed by atoms with Crippen LogP contribution in [0.25, 0.3) is 10.5 Å². The second-order valence-corrected chi connectivity index (χ2v) is 10.7. The fraction of sp³-hybridized carbons (Fsp3) is 0.440. The summed E-state index contributed by atoms with van der Waals surface area (Å²) in [7, 11) is -1.12. The SMILES string of the molecule is [C-]#[N+]NC(C)=NCC1(Nc2nc(N3CC=C(c4ncc(C#C)cn4)CC3)nc3c2[S@@](=O)CC3)CCC1. The number of nitrogens with zero attached hydrogens (tertiary/aromatic N) is 7. The second-order valence-electron chi connectivity index (χ2n) is 9.20. The maximum atomic E-state index is 12.8. The summed E-state index contributed by atoms with van der Waals surface area (Å²) >= 11 is 0. The second kappa shape index (κ2) is 10.0. The molecular weight excluding hydrogens is 474 g/mol. The molecule has 2 aliphatic heterocycles. The molecule has 36 heavy (non-hydrogen) atoms. The fourth-order valence-corrected chi connectivity index (χ4v) is 5.90. The van der Waals surface area contributed by atoms with Gasteiger partial charge in [0, 0.05) is 37.7 Å². The van der Waals surface area contributed by atoms with E-state index in [2.05, 4.69) is 47.6 Å². The molecule has 0 spiro atoms. The summed E-state index contributed by atoms with van der Waals surface area (Å²) in [6, 6.07) is 0. The van der Waals surface area contributed by atoms with Crippen molar-refractivity contribution in [3.63, 3.8) is 0 Å². The Morgan fingerprint density at radius 1 is 1.33 bits per heavy atom. The molecule has 4 heterocycles. The van der Waals surface area contributed by atoms with Crippen LogP contribution in [0.3, 0.4) is 0 Å². The van der Waals surface area contributed by atoms with Gasteiger partial charge in [0.2, 0.25) is 5.95 Å². The maximum absolute atomic E-state index is 12.8. The normalized spacial score (nSPS) is 20.4. The van der Waals surface area contributed by atoms with Crippen molar-refractivity contribution in [2.24, 2.45) is 4.99 Å². The molecule has 0 saturated heterocycles. The Labute approximate surface area is 213 Å². The Morgan fingerprint density at radius 3 is 2.78 bits per heavy atom. The maximum Gasteiger partial charge on any atom is 0.227 e. The van der Waals surface area contributed by atoms with E-state index in [0.29, 0.717) is 54.3 Å². The lowest BCUT2D eigenvalue weighted by molar-refractivity contribution is 0.286. The largest absolute Gasteiger partial charge is 0.362 e. The predicted octanol–water partition coefficient (Wildman–Crippen LogP) is 2.38. The van der Waals surface area contributed by atoms with Gasteiger partial charge in [0.05, 0.1) is 34.1 Å². The molecule has 5 rings (SSSR count). The van der Waals surface area contributed by atoms with E-state index in [1.54, 1.807) is 19.3 Å². The Morgan fingerprint density at radius 2 is 2.14 bits per heavy atom. The number of nitrogens with one attached hydrogen (secondary N) is 2. The topological polar surface area (TPSA) is 113 Å². The first-order valence-electron chi connectivity index (χ1n) is 11.9. The first-order chi connectivity index (χ1) is 17.5. The number of hydrogen-bond acceptors (Lipinski definition) is 8. The highest BCUT2D eigenvalue weighted by atomic mass is 32.2. The molecule has 1 atom stereocenters. The van der Waals surface area contributed by atoms with Crippen LogP contribution in [0.4, 0.5) is 11.8 Å². The molecule has 2 aromatic rings. The minimum atomic E-state index is -1.12. The van der Waals surface area contributed by atoms with Crippen molar-refractivity contribution in [2.45, 2.75) is 49.5 Å². The van der Waals surface area contributed by atoms with Crippen LogP contribution >= 0.6 is 0 Å². The average molecular weight is 502 g/mol. The smallest absolute Gasteiger partial charge is 0.227 e. The number of aliphatic imine (C=N–C) groups is 1. The van der Waals surface area contributed by atoms with Crippen LogP contribution in [0.2, 0.25) is 0 Å². The van der Waals surface area contributed by atoms with Crippen LogP contribution in [0.15, 0.2) is 28.4 Å². The summed E-state index contributed by atoms with van der Waals surface area (Å²) in [5.74, 6) is 5.67. The summed E-state index contributed by atoms with van der Waals surface area (Å²) in [6.07, 6.45) is 15.2. The molecule has 0 aromatic carbocycles. The molecule has 0 bridgehead atoms. The number of terminal acetylenes is 1. The number of anilines is 2. The minimum Gasteiger partial charge on any atom is -0.362 e. The number of amidine groups is 1. The van der Waals surface area contributed by atoms with Crippen LogP contribution in [0.1, 0.15) is 49.7 Å². The van der Waals surface area contributed by atoms with Crippen molar-refractivity contribution in [2.75, 3.05) is 35.6 Å². The Balaban J connectivity index is 1.38. The van der Waals surface area contributed by atoms with Gasteiger partial charge in [-0.25, -0.2) is 15.0 Å². The lowest BCUT2D eigenvalue weighted by Crippen LogP contribution is -2.48.